The molecule has 1 atom stereocenters. The number of carbonyl (C=O) groups is 3. The summed E-state index contributed by atoms with van der Waals surface area (Å²) >= 11 is 0. The first-order valence-corrected chi connectivity index (χ1v) is 12.2. The average Bonchev–Trinajstić information content (AvgIpc) is 2.72. The lowest BCUT2D eigenvalue weighted by Crippen LogP contribution is -2.51. The van der Waals surface area contributed by atoms with Crippen molar-refractivity contribution in [1.82, 2.24) is 10.2 Å². The number of anilines is 1. The molecule has 1 heterocycles. The monoisotopic (exact) mass is 491 g/mol. The Hall–Kier alpha value is -2.65. The molecule has 2 amide bonds. The van der Waals surface area contributed by atoms with Crippen molar-refractivity contribution in [2.75, 3.05) is 44.3 Å². The van der Waals surface area contributed by atoms with Crippen molar-refractivity contribution in [3.05, 3.63) is 29.8 Å². The van der Waals surface area contributed by atoms with Gasteiger partial charge in [-0.25, -0.2) is 9.59 Å². The first-order chi connectivity index (χ1) is 16.3. The third kappa shape index (κ3) is 9.85. The highest BCUT2D eigenvalue weighted by Gasteiger charge is 2.31. The standard InChI is InChI=1S/C26H41N3O6/c1-7-34-15-14-28-12-13-29(22(30)18-28)20-10-8-19(9-11-20)16-26(5,6)17-21(23(31)32)27-24(33)35-25(2,3)4/h8-11,21H,7,12-18H2,1-6H3,(H,27,33)(H,31,32)/t21-/m0/s1. The number of amides is 2. The van der Waals surface area contributed by atoms with E-state index in [1.807, 2.05) is 45.0 Å². The van der Waals surface area contributed by atoms with Crippen LogP contribution in [0.5, 0.6) is 0 Å². The minimum atomic E-state index is -1.10. The lowest BCUT2D eigenvalue weighted by molar-refractivity contribution is -0.140. The molecule has 0 radical (unpaired) electrons. The maximum Gasteiger partial charge on any atom is 0.408 e. The molecule has 0 spiro atoms. The summed E-state index contributed by atoms with van der Waals surface area (Å²) in [6.07, 6.45) is 0.116. The summed E-state index contributed by atoms with van der Waals surface area (Å²) in [4.78, 5) is 40.4. The fourth-order valence-corrected chi connectivity index (χ4v) is 4.14. The molecule has 0 bridgehead atoms. The Balaban J connectivity index is 1.95. The topological polar surface area (TPSA) is 108 Å². The van der Waals surface area contributed by atoms with Crippen molar-refractivity contribution in [3.8, 4) is 0 Å². The van der Waals surface area contributed by atoms with Gasteiger partial charge in [0, 0.05) is 31.9 Å². The minimum absolute atomic E-state index is 0.0679. The van der Waals surface area contributed by atoms with E-state index in [0.29, 0.717) is 32.7 Å². The van der Waals surface area contributed by atoms with Crippen LogP contribution in [-0.4, -0.2) is 79.0 Å². The smallest absolute Gasteiger partial charge is 0.408 e. The molecule has 0 aromatic heterocycles. The second kappa shape index (κ2) is 12.4. The molecule has 9 nitrogen and oxygen atoms in total. The largest absolute Gasteiger partial charge is 0.480 e. The van der Waals surface area contributed by atoms with Gasteiger partial charge in [-0.05, 0) is 63.6 Å². The molecule has 1 aromatic rings. The summed E-state index contributed by atoms with van der Waals surface area (Å²) in [5, 5.41) is 12.1. The van der Waals surface area contributed by atoms with E-state index >= 15 is 0 Å². The predicted octanol–water partition coefficient (Wildman–Crippen LogP) is 3.31. The highest BCUT2D eigenvalue weighted by Crippen LogP contribution is 2.29. The summed E-state index contributed by atoms with van der Waals surface area (Å²) < 4.78 is 10.6. The molecule has 0 unspecified atom stereocenters. The fraction of sp³-hybridized carbons (Fsp3) is 0.654. The van der Waals surface area contributed by atoms with Gasteiger partial charge in [-0.1, -0.05) is 26.0 Å². The summed E-state index contributed by atoms with van der Waals surface area (Å²) in [7, 11) is 0. The zero-order valence-corrected chi connectivity index (χ0v) is 21.9. The Morgan fingerprint density at radius 3 is 2.31 bits per heavy atom. The number of nitrogens with one attached hydrogen (secondary N) is 1. The van der Waals surface area contributed by atoms with Gasteiger partial charge >= 0.3 is 12.1 Å². The lowest BCUT2D eigenvalue weighted by Gasteiger charge is -2.34. The number of aliphatic carboxylic acids is 1. The first-order valence-electron chi connectivity index (χ1n) is 12.2. The van der Waals surface area contributed by atoms with Crippen molar-refractivity contribution in [3.63, 3.8) is 0 Å². The van der Waals surface area contributed by atoms with E-state index in [1.54, 1.807) is 25.7 Å². The van der Waals surface area contributed by atoms with Crippen LogP contribution in [-0.2, 0) is 25.5 Å². The van der Waals surface area contributed by atoms with Gasteiger partial charge in [0.1, 0.15) is 11.6 Å². The Morgan fingerprint density at radius 2 is 1.77 bits per heavy atom. The van der Waals surface area contributed by atoms with Crippen LogP contribution in [0.2, 0.25) is 0 Å². The van der Waals surface area contributed by atoms with E-state index in [4.69, 9.17) is 9.47 Å². The van der Waals surface area contributed by atoms with E-state index in [2.05, 4.69) is 10.2 Å². The number of hydrogen-bond acceptors (Lipinski definition) is 6. The van der Waals surface area contributed by atoms with Crippen LogP contribution < -0.4 is 10.2 Å². The number of nitrogens with zero attached hydrogens (tertiary/aromatic N) is 2. The van der Waals surface area contributed by atoms with Crippen molar-refractivity contribution < 1.29 is 29.0 Å². The molecule has 1 saturated heterocycles. The number of carbonyl (C=O) groups excluding carboxylic acids is 2. The van der Waals surface area contributed by atoms with Crippen molar-refractivity contribution >= 4 is 23.7 Å². The van der Waals surface area contributed by atoms with Gasteiger partial charge < -0.3 is 24.8 Å². The highest BCUT2D eigenvalue weighted by molar-refractivity contribution is 5.95. The Labute approximate surface area is 208 Å². The van der Waals surface area contributed by atoms with E-state index in [1.165, 1.54) is 0 Å². The normalized spacial score (nSPS) is 16.2. The third-order valence-corrected chi connectivity index (χ3v) is 5.73. The van der Waals surface area contributed by atoms with E-state index in [9.17, 15) is 19.5 Å². The molecule has 0 saturated carbocycles. The van der Waals surface area contributed by atoms with E-state index in [0.717, 1.165) is 24.3 Å². The third-order valence-electron chi connectivity index (χ3n) is 5.73. The number of hydrogen-bond donors (Lipinski definition) is 2. The van der Waals surface area contributed by atoms with Crippen LogP contribution in [0.15, 0.2) is 24.3 Å². The summed E-state index contributed by atoms with van der Waals surface area (Å²) in [6, 6.07) is 6.77. The Kier molecular flexibility index (Phi) is 10.1. The molecule has 2 N–H and O–H groups in total. The van der Waals surface area contributed by atoms with Gasteiger partial charge in [-0.2, -0.15) is 0 Å². The number of carboxylic acid groups (broad SMARTS) is 1. The lowest BCUT2D eigenvalue weighted by atomic mass is 9.80. The number of ether oxygens (including phenoxy) is 2. The number of piperazine rings is 1. The highest BCUT2D eigenvalue weighted by atomic mass is 16.6. The van der Waals surface area contributed by atoms with Crippen molar-refractivity contribution in [1.29, 1.82) is 0 Å². The zero-order chi connectivity index (χ0) is 26.2. The summed E-state index contributed by atoms with van der Waals surface area (Å²) in [5.41, 5.74) is 0.780. The van der Waals surface area contributed by atoms with Crippen LogP contribution in [0.25, 0.3) is 0 Å². The minimum Gasteiger partial charge on any atom is -0.480 e. The van der Waals surface area contributed by atoms with Gasteiger partial charge in [0.25, 0.3) is 0 Å². The van der Waals surface area contributed by atoms with E-state index in [-0.39, 0.29) is 12.3 Å². The molecule has 0 aliphatic carbocycles. The number of carboxylic acids is 1. The van der Waals surface area contributed by atoms with Crippen LogP contribution in [0, 0.1) is 5.41 Å². The molecule has 2 rings (SSSR count). The Bertz CT molecular complexity index is 863. The molecule has 1 aliphatic rings. The fourth-order valence-electron chi connectivity index (χ4n) is 4.14. The maximum atomic E-state index is 12.7. The average molecular weight is 492 g/mol. The first kappa shape index (κ1) is 28.6. The Morgan fingerprint density at radius 1 is 1.11 bits per heavy atom. The predicted molar refractivity (Wildman–Crippen MR) is 135 cm³/mol. The van der Waals surface area contributed by atoms with Gasteiger partial charge in [0.2, 0.25) is 5.91 Å². The second-order valence-corrected chi connectivity index (χ2v) is 10.8. The summed E-state index contributed by atoms with van der Waals surface area (Å²) in [6.45, 7) is 14.9. The number of alkyl carbamates (subject to hydrolysis) is 1. The van der Waals surface area contributed by atoms with Crippen molar-refractivity contribution in [2.24, 2.45) is 5.41 Å². The molecule has 1 aromatic carbocycles. The van der Waals surface area contributed by atoms with Gasteiger partial charge in [0.15, 0.2) is 0 Å². The van der Waals surface area contributed by atoms with Crippen LogP contribution in [0.4, 0.5) is 10.5 Å². The molecule has 1 aliphatic heterocycles. The molecule has 196 valence electrons. The zero-order valence-electron chi connectivity index (χ0n) is 21.9. The number of rotatable bonds is 11. The summed E-state index contributed by atoms with van der Waals surface area (Å²) in [5.74, 6) is -1.03. The van der Waals surface area contributed by atoms with E-state index < -0.39 is 29.1 Å². The molecule has 1 fully saturated rings. The second-order valence-electron chi connectivity index (χ2n) is 10.8. The van der Waals surface area contributed by atoms with Gasteiger partial charge in [-0.3, -0.25) is 9.69 Å². The molecular weight excluding hydrogens is 450 g/mol. The maximum absolute atomic E-state index is 12.7. The molecule has 35 heavy (non-hydrogen) atoms. The SMILES string of the molecule is CCOCCN1CCN(c2ccc(CC(C)(C)C[C@H](NC(=O)OC(C)(C)C)C(=O)O)cc2)C(=O)C1. The van der Waals surface area contributed by atoms with Gasteiger partial charge in [-0.15, -0.1) is 0 Å². The molecular formula is C26H41N3O6. The van der Waals surface area contributed by atoms with Crippen LogP contribution in [0.3, 0.4) is 0 Å². The van der Waals surface area contributed by atoms with Crippen LogP contribution in [0.1, 0.15) is 53.5 Å². The quantitative estimate of drug-likeness (QED) is 0.457. The van der Waals surface area contributed by atoms with Crippen LogP contribution >= 0.6 is 0 Å². The van der Waals surface area contributed by atoms with Gasteiger partial charge in [0.05, 0.1) is 13.2 Å². The number of benzene rings is 1. The molecule has 9 heteroatoms. The van der Waals surface area contributed by atoms with Crippen molar-refractivity contribution in [2.45, 2.75) is 66.0 Å².